The van der Waals surface area contributed by atoms with Crippen LogP contribution in [-0.2, 0) is 6.61 Å². The van der Waals surface area contributed by atoms with Gasteiger partial charge in [0.2, 0.25) is 0 Å². The molecule has 0 aliphatic rings. The van der Waals surface area contributed by atoms with E-state index >= 15 is 0 Å². The van der Waals surface area contributed by atoms with Gasteiger partial charge in [0, 0.05) is 21.7 Å². The molecular formula is C18H14BrCl2NO2. The molecule has 0 aromatic heterocycles. The molecule has 0 atom stereocenters. The van der Waals surface area contributed by atoms with Crippen molar-refractivity contribution in [1.29, 1.82) is 5.26 Å². The third kappa shape index (κ3) is 4.91. The molecule has 0 bridgehead atoms. The summed E-state index contributed by atoms with van der Waals surface area (Å²) in [5, 5.41) is 9.78. The van der Waals surface area contributed by atoms with Crippen molar-refractivity contribution in [3.63, 3.8) is 0 Å². The molecule has 0 saturated heterocycles. The van der Waals surface area contributed by atoms with E-state index in [0.717, 1.165) is 15.6 Å². The number of benzene rings is 2. The average Bonchev–Trinajstić information content (AvgIpc) is 2.54. The molecule has 0 aliphatic heterocycles. The number of allylic oxidation sites excluding steroid dienone is 1. The lowest BCUT2D eigenvalue weighted by Gasteiger charge is -2.15. The van der Waals surface area contributed by atoms with Crippen LogP contribution in [0.3, 0.4) is 0 Å². The molecule has 0 fully saturated rings. The SMILES string of the molecule is CCOc1cc(/C=C/C#N)cc(Br)c1OCc1ccc(Cl)cc1Cl. The van der Waals surface area contributed by atoms with E-state index in [4.69, 9.17) is 37.9 Å². The zero-order chi connectivity index (χ0) is 17.5. The Morgan fingerprint density at radius 1 is 1.21 bits per heavy atom. The van der Waals surface area contributed by atoms with Crippen LogP contribution in [0.25, 0.3) is 6.08 Å². The van der Waals surface area contributed by atoms with Crippen LogP contribution in [0.5, 0.6) is 11.5 Å². The lowest BCUT2D eigenvalue weighted by Crippen LogP contribution is -2.01. The van der Waals surface area contributed by atoms with Crippen molar-refractivity contribution in [2.24, 2.45) is 0 Å². The lowest BCUT2D eigenvalue weighted by molar-refractivity contribution is 0.267. The van der Waals surface area contributed by atoms with Gasteiger partial charge in [-0.2, -0.15) is 5.26 Å². The summed E-state index contributed by atoms with van der Waals surface area (Å²) >= 11 is 15.6. The fraction of sp³-hybridized carbons (Fsp3) is 0.167. The number of nitrogens with zero attached hydrogens (tertiary/aromatic N) is 1. The lowest BCUT2D eigenvalue weighted by atomic mass is 10.2. The number of halogens is 3. The molecule has 0 unspecified atom stereocenters. The maximum Gasteiger partial charge on any atom is 0.175 e. The molecule has 0 radical (unpaired) electrons. The van der Waals surface area contributed by atoms with E-state index in [-0.39, 0.29) is 6.61 Å². The number of hydrogen-bond acceptors (Lipinski definition) is 3. The van der Waals surface area contributed by atoms with Crippen molar-refractivity contribution < 1.29 is 9.47 Å². The van der Waals surface area contributed by atoms with E-state index in [9.17, 15) is 0 Å². The zero-order valence-electron chi connectivity index (χ0n) is 12.9. The smallest absolute Gasteiger partial charge is 0.175 e. The van der Waals surface area contributed by atoms with E-state index in [0.29, 0.717) is 28.2 Å². The Labute approximate surface area is 159 Å². The van der Waals surface area contributed by atoms with Crippen LogP contribution in [0.1, 0.15) is 18.1 Å². The summed E-state index contributed by atoms with van der Waals surface area (Å²) in [6, 6.07) is 10.9. The zero-order valence-corrected chi connectivity index (χ0v) is 16.0. The highest BCUT2D eigenvalue weighted by molar-refractivity contribution is 9.10. The molecule has 0 amide bonds. The van der Waals surface area contributed by atoms with Crippen molar-refractivity contribution in [3.8, 4) is 17.6 Å². The minimum atomic E-state index is 0.280. The fourth-order valence-electron chi connectivity index (χ4n) is 2.01. The summed E-state index contributed by atoms with van der Waals surface area (Å²) < 4.78 is 12.3. The second-order valence-corrected chi connectivity index (χ2v) is 6.45. The summed E-state index contributed by atoms with van der Waals surface area (Å²) in [5.74, 6) is 1.17. The van der Waals surface area contributed by atoms with Gasteiger partial charge in [-0.3, -0.25) is 0 Å². The Morgan fingerprint density at radius 2 is 2.00 bits per heavy atom. The molecule has 0 saturated carbocycles. The van der Waals surface area contributed by atoms with Crippen LogP contribution >= 0.6 is 39.1 Å². The molecule has 3 nitrogen and oxygen atoms in total. The summed E-state index contributed by atoms with van der Waals surface area (Å²) in [5.41, 5.74) is 1.66. The van der Waals surface area contributed by atoms with Gasteiger partial charge in [-0.15, -0.1) is 0 Å². The number of ether oxygens (including phenoxy) is 2. The highest BCUT2D eigenvalue weighted by Gasteiger charge is 2.13. The van der Waals surface area contributed by atoms with Crippen LogP contribution in [-0.4, -0.2) is 6.61 Å². The van der Waals surface area contributed by atoms with Crippen molar-refractivity contribution in [1.82, 2.24) is 0 Å². The first-order chi connectivity index (χ1) is 11.5. The van der Waals surface area contributed by atoms with Gasteiger partial charge < -0.3 is 9.47 Å². The van der Waals surface area contributed by atoms with E-state index in [1.165, 1.54) is 6.08 Å². The van der Waals surface area contributed by atoms with Gasteiger partial charge in [0.1, 0.15) is 6.61 Å². The Balaban J connectivity index is 2.28. The largest absolute Gasteiger partial charge is 0.490 e. The maximum atomic E-state index is 8.65. The van der Waals surface area contributed by atoms with Gasteiger partial charge in [-0.05, 0) is 58.8 Å². The summed E-state index contributed by atoms with van der Waals surface area (Å²) in [6.45, 7) is 2.67. The van der Waals surface area contributed by atoms with Crippen molar-refractivity contribution in [2.75, 3.05) is 6.61 Å². The van der Waals surface area contributed by atoms with Gasteiger partial charge in [-0.25, -0.2) is 0 Å². The quantitative estimate of drug-likeness (QED) is 0.511. The predicted molar refractivity (Wildman–Crippen MR) is 101 cm³/mol. The second-order valence-electron chi connectivity index (χ2n) is 4.75. The van der Waals surface area contributed by atoms with E-state index < -0.39 is 0 Å². The third-order valence-electron chi connectivity index (χ3n) is 3.07. The Hall–Kier alpha value is -1.67. The molecule has 0 aliphatic carbocycles. The summed E-state index contributed by atoms with van der Waals surface area (Å²) in [6.07, 6.45) is 3.11. The first-order valence-electron chi connectivity index (χ1n) is 7.14. The molecule has 6 heteroatoms. The van der Waals surface area contributed by atoms with E-state index in [1.807, 2.05) is 31.2 Å². The van der Waals surface area contributed by atoms with Gasteiger partial charge in [-0.1, -0.05) is 29.3 Å². The normalized spacial score (nSPS) is 10.6. The minimum absolute atomic E-state index is 0.280. The van der Waals surface area contributed by atoms with E-state index in [1.54, 1.807) is 18.2 Å². The van der Waals surface area contributed by atoms with Crippen LogP contribution in [0, 0.1) is 11.3 Å². The first-order valence-corrected chi connectivity index (χ1v) is 8.69. The fourth-order valence-corrected chi connectivity index (χ4v) is 3.05. The Morgan fingerprint density at radius 3 is 2.67 bits per heavy atom. The Kier molecular flexibility index (Phi) is 6.99. The topological polar surface area (TPSA) is 42.2 Å². The monoisotopic (exact) mass is 425 g/mol. The summed E-state index contributed by atoms with van der Waals surface area (Å²) in [4.78, 5) is 0. The minimum Gasteiger partial charge on any atom is -0.490 e. The molecular weight excluding hydrogens is 413 g/mol. The molecule has 2 aromatic rings. The van der Waals surface area contributed by atoms with Crippen molar-refractivity contribution in [2.45, 2.75) is 13.5 Å². The number of rotatable bonds is 6. The van der Waals surface area contributed by atoms with Crippen molar-refractivity contribution in [3.05, 3.63) is 62.1 Å². The van der Waals surface area contributed by atoms with Crippen LogP contribution in [0.4, 0.5) is 0 Å². The van der Waals surface area contributed by atoms with Crippen LogP contribution in [0.2, 0.25) is 10.0 Å². The molecule has 0 heterocycles. The highest BCUT2D eigenvalue weighted by Crippen LogP contribution is 2.38. The summed E-state index contributed by atoms with van der Waals surface area (Å²) in [7, 11) is 0. The average molecular weight is 427 g/mol. The molecule has 0 spiro atoms. The van der Waals surface area contributed by atoms with Crippen LogP contribution < -0.4 is 9.47 Å². The molecule has 124 valence electrons. The third-order valence-corrected chi connectivity index (χ3v) is 4.25. The standard InChI is InChI=1S/C18H14BrCl2NO2/c1-2-23-17-9-12(4-3-7-22)8-15(19)18(17)24-11-13-5-6-14(20)10-16(13)21/h3-6,8-10H,2,11H2,1H3/b4-3+. The second kappa shape index (κ2) is 8.98. The first kappa shape index (κ1) is 18.7. The molecule has 0 N–H and O–H groups in total. The highest BCUT2D eigenvalue weighted by atomic mass is 79.9. The van der Waals surface area contributed by atoms with Gasteiger partial charge in [0.15, 0.2) is 11.5 Å². The van der Waals surface area contributed by atoms with Crippen LogP contribution in [0.15, 0.2) is 40.9 Å². The molecule has 2 rings (SSSR count). The molecule has 2 aromatic carbocycles. The van der Waals surface area contributed by atoms with Gasteiger partial charge in [0.25, 0.3) is 0 Å². The molecule has 24 heavy (non-hydrogen) atoms. The Bertz CT molecular complexity index is 800. The maximum absolute atomic E-state index is 8.65. The van der Waals surface area contributed by atoms with Gasteiger partial charge >= 0.3 is 0 Å². The number of nitriles is 1. The van der Waals surface area contributed by atoms with Gasteiger partial charge in [0.05, 0.1) is 17.1 Å². The number of hydrogen-bond donors (Lipinski definition) is 0. The predicted octanol–water partition coefficient (Wildman–Crippen LogP) is 6.27. The van der Waals surface area contributed by atoms with E-state index in [2.05, 4.69) is 15.9 Å². The van der Waals surface area contributed by atoms with Crippen molar-refractivity contribution >= 4 is 45.2 Å².